The minimum absolute atomic E-state index is 0.319. The normalized spacial score (nSPS) is 17.7. The van der Waals surface area contributed by atoms with E-state index < -0.39 is 5.97 Å². The average Bonchev–Trinajstić information content (AvgIpc) is 2.31. The maximum Gasteiger partial charge on any atom is 0.102 e. The van der Waals surface area contributed by atoms with Gasteiger partial charge in [-0.05, 0) is 26.2 Å². The van der Waals surface area contributed by atoms with E-state index in [1.54, 1.807) is 0 Å². The van der Waals surface area contributed by atoms with Gasteiger partial charge in [0.2, 0.25) is 0 Å². The molecule has 0 aromatic heterocycles. The number of quaternary nitrogens is 1. The van der Waals surface area contributed by atoms with E-state index in [0.717, 1.165) is 13.2 Å². The molecule has 18 heavy (non-hydrogen) atoms. The fourth-order valence-corrected chi connectivity index (χ4v) is 2.05. The van der Waals surface area contributed by atoms with Gasteiger partial charge in [0.1, 0.15) is 6.54 Å². The highest BCUT2D eigenvalue weighted by molar-refractivity contribution is 5.65. The van der Waals surface area contributed by atoms with Crippen molar-refractivity contribution in [1.82, 2.24) is 0 Å². The monoisotopic (exact) mass is 261 g/mol. The Morgan fingerprint density at radius 3 is 2.28 bits per heavy atom. The number of nitrogens with zero attached hydrogens (tertiary/aromatic N) is 1. The fraction of sp³-hybridized carbons (Fsp3) is 0.923. The van der Waals surface area contributed by atoms with E-state index in [1.807, 2.05) is 0 Å². The zero-order chi connectivity index (χ0) is 13.9. The largest absolute Gasteiger partial charge is 0.548 e. The second-order valence-corrected chi connectivity index (χ2v) is 4.85. The standard InChI is InChI=1S/C10H22NO.C3H6O3/c1-3-12-10-9-11(2)7-5-4-6-8-11;1-6-2-3(4)5/h3-10H2,1-2H3;2H2,1H3,(H,4,5)/q+1;/p-1. The van der Waals surface area contributed by atoms with Crippen LogP contribution in [0.1, 0.15) is 26.2 Å². The summed E-state index contributed by atoms with van der Waals surface area (Å²) in [5.74, 6) is -1.18. The lowest BCUT2D eigenvalue weighted by Crippen LogP contribution is -2.49. The molecule has 1 heterocycles. The summed E-state index contributed by atoms with van der Waals surface area (Å²) < 4.78 is 10.8. The lowest BCUT2D eigenvalue weighted by atomic mass is 10.1. The van der Waals surface area contributed by atoms with Crippen molar-refractivity contribution in [3.05, 3.63) is 0 Å². The van der Waals surface area contributed by atoms with Gasteiger partial charge in [0.05, 0.1) is 39.3 Å². The van der Waals surface area contributed by atoms with E-state index in [9.17, 15) is 9.90 Å². The SMILES string of the molecule is CCOCC[N+]1(C)CCCCC1.COCC(=O)[O-]. The Labute approximate surface area is 110 Å². The molecule has 0 aromatic rings. The second kappa shape index (κ2) is 10.3. The molecule has 0 amide bonds. The van der Waals surface area contributed by atoms with Crippen molar-refractivity contribution in [2.24, 2.45) is 0 Å². The van der Waals surface area contributed by atoms with E-state index in [1.165, 1.54) is 50.5 Å². The van der Waals surface area contributed by atoms with Gasteiger partial charge in [-0.2, -0.15) is 0 Å². The molecule has 0 atom stereocenters. The van der Waals surface area contributed by atoms with Crippen LogP contribution in [0.15, 0.2) is 0 Å². The summed E-state index contributed by atoms with van der Waals surface area (Å²) in [7, 11) is 3.66. The first-order chi connectivity index (χ1) is 8.54. The maximum atomic E-state index is 9.36. The number of carbonyl (C=O) groups is 1. The van der Waals surface area contributed by atoms with E-state index in [-0.39, 0.29) is 6.61 Å². The summed E-state index contributed by atoms with van der Waals surface area (Å²) in [4.78, 5) is 9.36. The minimum Gasteiger partial charge on any atom is -0.548 e. The number of carbonyl (C=O) groups excluding carboxylic acids is 1. The molecule has 5 nitrogen and oxygen atoms in total. The van der Waals surface area contributed by atoms with Crippen LogP contribution in [0.4, 0.5) is 0 Å². The Bertz CT molecular complexity index is 215. The van der Waals surface area contributed by atoms with Crippen LogP contribution < -0.4 is 5.11 Å². The van der Waals surface area contributed by atoms with Gasteiger partial charge in [0.15, 0.2) is 0 Å². The van der Waals surface area contributed by atoms with Crippen LogP contribution in [-0.4, -0.2) is 64.1 Å². The number of rotatable bonds is 6. The molecular formula is C13H27NO4. The Morgan fingerprint density at radius 2 is 1.89 bits per heavy atom. The molecule has 0 radical (unpaired) electrons. The van der Waals surface area contributed by atoms with Gasteiger partial charge in [-0.1, -0.05) is 0 Å². The number of aliphatic carboxylic acids is 1. The van der Waals surface area contributed by atoms with Gasteiger partial charge >= 0.3 is 0 Å². The van der Waals surface area contributed by atoms with Gasteiger partial charge in [-0.25, -0.2) is 0 Å². The van der Waals surface area contributed by atoms with Crippen molar-refractivity contribution < 1.29 is 23.9 Å². The van der Waals surface area contributed by atoms with Crippen LogP contribution in [0.5, 0.6) is 0 Å². The first-order valence-corrected chi connectivity index (χ1v) is 6.64. The van der Waals surface area contributed by atoms with Crippen molar-refractivity contribution in [2.45, 2.75) is 26.2 Å². The van der Waals surface area contributed by atoms with Gasteiger partial charge in [-0.3, -0.25) is 0 Å². The Balaban J connectivity index is 0.000000411. The minimum atomic E-state index is -1.18. The highest BCUT2D eigenvalue weighted by atomic mass is 16.5. The number of hydrogen-bond acceptors (Lipinski definition) is 4. The molecule has 0 saturated carbocycles. The van der Waals surface area contributed by atoms with Crippen molar-refractivity contribution >= 4 is 5.97 Å². The van der Waals surface area contributed by atoms with Crippen molar-refractivity contribution in [2.75, 3.05) is 53.6 Å². The van der Waals surface area contributed by atoms with Crippen LogP contribution in [0.2, 0.25) is 0 Å². The number of ether oxygens (including phenoxy) is 2. The molecular weight excluding hydrogens is 234 g/mol. The molecule has 5 heteroatoms. The van der Waals surface area contributed by atoms with Crippen LogP contribution >= 0.6 is 0 Å². The zero-order valence-corrected chi connectivity index (χ0v) is 11.9. The number of carboxylic acid groups (broad SMARTS) is 1. The van der Waals surface area contributed by atoms with E-state index in [0.29, 0.717) is 0 Å². The molecule has 0 aliphatic carbocycles. The third-order valence-corrected chi connectivity index (χ3v) is 3.14. The summed E-state index contributed by atoms with van der Waals surface area (Å²) in [5.41, 5.74) is 0. The predicted octanol–water partition coefficient (Wildman–Crippen LogP) is 0.0361. The van der Waals surface area contributed by atoms with Gasteiger partial charge in [-0.15, -0.1) is 0 Å². The number of piperidine rings is 1. The van der Waals surface area contributed by atoms with Crippen LogP contribution in [-0.2, 0) is 14.3 Å². The molecule has 0 spiro atoms. The maximum absolute atomic E-state index is 9.36. The predicted molar refractivity (Wildman–Crippen MR) is 68.0 cm³/mol. The fourth-order valence-electron chi connectivity index (χ4n) is 2.05. The third kappa shape index (κ3) is 9.39. The molecule has 1 fully saturated rings. The number of carboxylic acids is 1. The van der Waals surface area contributed by atoms with E-state index in [4.69, 9.17) is 4.74 Å². The molecule has 0 aromatic carbocycles. The second-order valence-electron chi connectivity index (χ2n) is 4.85. The molecule has 1 aliphatic rings. The van der Waals surface area contributed by atoms with Crippen LogP contribution in [0.25, 0.3) is 0 Å². The number of methoxy groups -OCH3 is 1. The molecule has 0 N–H and O–H groups in total. The van der Waals surface area contributed by atoms with Gasteiger partial charge in [0, 0.05) is 13.7 Å². The summed E-state index contributed by atoms with van der Waals surface area (Å²) in [5, 5.41) is 9.36. The van der Waals surface area contributed by atoms with Crippen molar-refractivity contribution in [3.63, 3.8) is 0 Å². The summed E-state index contributed by atoms with van der Waals surface area (Å²) in [6.45, 7) is 7.46. The summed E-state index contributed by atoms with van der Waals surface area (Å²) in [6.07, 6.45) is 4.24. The molecule has 0 unspecified atom stereocenters. The quantitative estimate of drug-likeness (QED) is 0.500. The van der Waals surface area contributed by atoms with Crippen molar-refractivity contribution in [3.8, 4) is 0 Å². The number of hydrogen-bond donors (Lipinski definition) is 0. The first-order valence-electron chi connectivity index (χ1n) is 6.64. The smallest absolute Gasteiger partial charge is 0.102 e. The van der Waals surface area contributed by atoms with E-state index in [2.05, 4.69) is 18.7 Å². The van der Waals surface area contributed by atoms with Crippen LogP contribution in [0, 0.1) is 0 Å². The lowest BCUT2D eigenvalue weighted by molar-refractivity contribution is -0.914. The Morgan fingerprint density at radius 1 is 1.28 bits per heavy atom. The van der Waals surface area contributed by atoms with Crippen LogP contribution in [0.3, 0.4) is 0 Å². The Hall–Kier alpha value is -0.650. The highest BCUT2D eigenvalue weighted by Crippen LogP contribution is 2.15. The Kier molecular flexibility index (Phi) is 9.92. The first kappa shape index (κ1) is 17.4. The topological polar surface area (TPSA) is 58.6 Å². The van der Waals surface area contributed by atoms with E-state index >= 15 is 0 Å². The number of likely N-dealkylation sites (tertiary alicyclic amines) is 1. The molecule has 1 aliphatic heterocycles. The number of likely N-dealkylation sites (N-methyl/N-ethyl adjacent to an activating group) is 1. The van der Waals surface area contributed by atoms with Gasteiger partial charge in [0.25, 0.3) is 0 Å². The molecule has 1 rings (SSSR count). The third-order valence-electron chi connectivity index (χ3n) is 3.14. The molecule has 1 saturated heterocycles. The lowest BCUT2D eigenvalue weighted by Gasteiger charge is -2.37. The highest BCUT2D eigenvalue weighted by Gasteiger charge is 2.23. The van der Waals surface area contributed by atoms with Crippen molar-refractivity contribution in [1.29, 1.82) is 0 Å². The zero-order valence-electron chi connectivity index (χ0n) is 11.9. The summed E-state index contributed by atoms with van der Waals surface area (Å²) >= 11 is 0. The van der Waals surface area contributed by atoms with Gasteiger partial charge < -0.3 is 23.9 Å². The molecule has 108 valence electrons. The summed E-state index contributed by atoms with van der Waals surface area (Å²) in [6, 6.07) is 0. The average molecular weight is 261 g/mol. The molecule has 0 bridgehead atoms.